The molecule has 24 heteroatoms. The first-order valence-corrected chi connectivity index (χ1v) is 42.4. The Bertz CT molecular complexity index is 2280. The molecule has 4 aliphatic carbocycles. The Labute approximate surface area is 534 Å². The van der Waals surface area contributed by atoms with E-state index in [2.05, 4.69) is 117 Å². The summed E-state index contributed by atoms with van der Waals surface area (Å²) in [4.78, 5) is 0. The van der Waals surface area contributed by atoms with Gasteiger partial charge in [-0.25, -0.2) is 52.6 Å². The summed E-state index contributed by atoms with van der Waals surface area (Å²) in [6, 6.07) is 0. The first-order chi connectivity index (χ1) is 42.2. The molecule has 9 aliphatic rings. The molecule has 5 heterocycles. The Hall–Kier alpha value is -0.680. The van der Waals surface area contributed by atoms with Crippen LogP contribution in [0.1, 0.15) is 235 Å². The van der Waals surface area contributed by atoms with Gasteiger partial charge in [0.2, 0.25) is 40.1 Å². The zero-order valence-corrected chi connectivity index (χ0v) is 58.6. The molecule has 12 N–H and O–H groups in total. The second-order valence-corrected chi connectivity index (χ2v) is 37.6. The maximum absolute atomic E-state index is 14.5. The zero-order chi connectivity index (χ0) is 63.0. The molecule has 0 aromatic rings. The molecule has 5 saturated heterocycles. The largest absolute Gasteiger partial charge is 0.286 e. The van der Waals surface area contributed by atoms with Crippen molar-refractivity contribution in [1.29, 1.82) is 0 Å². The number of nitrogens with one attached hydrogen (secondary N) is 12. The number of hydrogen-bond acceptors (Lipinski definition) is 16. The van der Waals surface area contributed by atoms with E-state index in [-0.39, 0.29) is 120 Å². The second-order valence-electron chi connectivity index (χ2n) is 29.4. The third-order valence-corrected chi connectivity index (χ3v) is 31.6. The molecule has 9 rings (SSSR count). The van der Waals surface area contributed by atoms with Crippen molar-refractivity contribution in [2.45, 2.75) is 305 Å². The lowest BCUT2D eigenvalue weighted by Gasteiger charge is -2.39. The van der Waals surface area contributed by atoms with Crippen molar-refractivity contribution in [3.63, 3.8) is 0 Å². The van der Waals surface area contributed by atoms with Crippen molar-refractivity contribution in [2.75, 3.05) is 26.2 Å². The van der Waals surface area contributed by atoms with Gasteiger partial charge in [-0.15, -0.1) is 0 Å². The smallest absolute Gasteiger partial charge is 0.214 e. The summed E-state index contributed by atoms with van der Waals surface area (Å²) in [5.74, 6) is 1.16. The van der Waals surface area contributed by atoms with E-state index in [9.17, 15) is 33.7 Å². The van der Waals surface area contributed by atoms with Gasteiger partial charge in [0.25, 0.3) is 0 Å². The van der Waals surface area contributed by atoms with E-state index in [0.29, 0.717) is 103 Å². The highest BCUT2D eigenvalue weighted by Gasteiger charge is 2.58. The van der Waals surface area contributed by atoms with E-state index in [0.717, 1.165) is 103 Å². The van der Waals surface area contributed by atoms with Crippen LogP contribution in [0.25, 0.3) is 0 Å². The van der Waals surface area contributed by atoms with E-state index in [1.807, 2.05) is 0 Å². The lowest BCUT2D eigenvalue weighted by atomic mass is 9.76. The Balaban J connectivity index is 1.03. The molecule has 16 atom stereocenters. The highest BCUT2D eigenvalue weighted by molar-refractivity contribution is 7.90. The van der Waals surface area contributed by atoms with E-state index in [4.69, 9.17) is 0 Å². The van der Waals surface area contributed by atoms with Crippen LogP contribution in [0, 0.1) is 71.0 Å². The molecule has 0 radical (unpaired) electrons. The van der Waals surface area contributed by atoms with Gasteiger partial charge in [0, 0.05) is 26.2 Å². The summed E-state index contributed by atoms with van der Waals surface area (Å²) >= 11 is 0. The summed E-state index contributed by atoms with van der Waals surface area (Å²) in [5, 5.41) is 30.5. The first kappa shape index (κ1) is 71.6. The molecular formula is C64H124N12O8S4. The molecule has 20 nitrogen and oxygen atoms in total. The molecule has 0 aromatic heterocycles. The van der Waals surface area contributed by atoms with Gasteiger partial charge < -0.3 is 0 Å². The third kappa shape index (κ3) is 17.3. The molecule has 0 aromatic carbocycles. The van der Waals surface area contributed by atoms with Crippen molar-refractivity contribution in [1.82, 2.24) is 61.4 Å². The van der Waals surface area contributed by atoms with Gasteiger partial charge in [0.05, 0.1) is 70.3 Å². The van der Waals surface area contributed by atoms with E-state index >= 15 is 0 Å². The van der Waals surface area contributed by atoms with Gasteiger partial charge in [-0.05, 0) is 174 Å². The summed E-state index contributed by atoms with van der Waals surface area (Å²) in [6.07, 6.45) is 21.1. The van der Waals surface area contributed by atoms with Gasteiger partial charge in [-0.2, -0.15) is 0 Å². The van der Waals surface area contributed by atoms with Crippen LogP contribution in [0.5, 0.6) is 0 Å². The minimum atomic E-state index is -3.65. The lowest BCUT2D eigenvalue weighted by Crippen LogP contribution is -2.61. The number of fused-ring (bicyclic) bond motifs is 20. The van der Waals surface area contributed by atoms with Gasteiger partial charge in [-0.3, -0.25) is 42.5 Å². The van der Waals surface area contributed by atoms with E-state index in [1.165, 1.54) is 0 Å². The molecule has 9 fully saturated rings. The van der Waals surface area contributed by atoms with Crippen molar-refractivity contribution < 1.29 is 33.7 Å². The van der Waals surface area contributed by atoms with Gasteiger partial charge in [0.15, 0.2) is 0 Å². The quantitative estimate of drug-likeness (QED) is 0.0321. The van der Waals surface area contributed by atoms with Gasteiger partial charge in [-0.1, -0.05) is 132 Å². The van der Waals surface area contributed by atoms with Crippen LogP contribution in [0.4, 0.5) is 0 Å². The van der Waals surface area contributed by atoms with Crippen LogP contribution < -0.4 is 61.4 Å². The standard InChI is InChI=1S/C64H124N12O8S4/c1-9-17-21-41(13-5)37-65-85(77,78)45-25-29-49-53(33-45)61-69-57(49)74-62-55-35-47(87(81,82)67-39-43(15-7)23-19-11-3)27-31-51(55)59(71-62)76-64-56-36-48(88(83,84)68-40-44(16-8)24-20-12-4)28-32-52(56)60(72-64)75-63-54-34-46(26-30-50(54)58(70-63)73-61)86(79,80)66-38-42(14-6)22-18-10-2/h41-76H,9-40H2,1-8H3. The van der Waals surface area contributed by atoms with Crippen molar-refractivity contribution in [2.24, 2.45) is 71.0 Å². The average molecular weight is 1320 g/mol. The van der Waals surface area contributed by atoms with Crippen LogP contribution in [0.3, 0.4) is 0 Å². The molecule has 16 unspecified atom stereocenters. The Kier molecular flexibility index (Phi) is 26.3. The summed E-state index contributed by atoms with van der Waals surface area (Å²) in [5.41, 5.74) is 0. The fraction of sp³-hybridized carbons (Fsp3) is 1.00. The fourth-order valence-corrected chi connectivity index (χ4v) is 24.7. The molecule has 4 saturated carbocycles. The van der Waals surface area contributed by atoms with Crippen LogP contribution in [-0.4, -0.2) is 130 Å². The van der Waals surface area contributed by atoms with Gasteiger partial charge in [0.1, 0.15) is 0 Å². The third-order valence-electron chi connectivity index (χ3n) is 24.1. The molecule has 5 aliphatic heterocycles. The topological polar surface area (TPSA) is 281 Å². The minimum Gasteiger partial charge on any atom is -0.286 e. The average Bonchev–Trinajstić information content (AvgIpc) is 1.68. The monoisotopic (exact) mass is 1320 g/mol. The Morgan fingerprint density at radius 3 is 0.636 bits per heavy atom. The molecule has 0 amide bonds. The fourth-order valence-electron chi connectivity index (χ4n) is 18.2. The Morgan fingerprint density at radius 2 is 0.466 bits per heavy atom. The van der Waals surface area contributed by atoms with Crippen molar-refractivity contribution in [3.8, 4) is 0 Å². The molecule has 88 heavy (non-hydrogen) atoms. The highest BCUT2D eigenvalue weighted by Crippen LogP contribution is 2.48. The van der Waals surface area contributed by atoms with Crippen molar-refractivity contribution in [3.05, 3.63) is 0 Å². The maximum atomic E-state index is 14.5. The van der Waals surface area contributed by atoms with Crippen LogP contribution in [0.2, 0.25) is 0 Å². The highest BCUT2D eigenvalue weighted by atomic mass is 32.2. The van der Waals surface area contributed by atoms with Crippen molar-refractivity contribution >= 4 is 40.1 Å². The zero-order valence-electron chi connectivity index (χ0n) is 55.4. The second kappa shape index (κ2) is 32.4. The van der Waals surface area contributed by atoms with Crippen LogP contribution >= 0.6 is 0 Å². The Morgan fingerprint density at radius 1 is 0.284 bits per heavy atom. The maximum Gasteiger partial charge on any atom is 0.214 e. The number of rotatable bonds is 32. The summed E-state index contributed by atoms with van der Waals surface area (Å²) < 4.78 is 128. The number of unbranched alkanes of at least 4 members (excludes halogenated alkanes) is 4. The molecule has 8 bridgehead atoms. The molecule has 512 valence electrons. The SMILES string of the molecule is CCCCC(CC)CNS(=O)(=O)C1CCC2C3NC(NC4NC(NC5NC(NC6NC(N3)C3CC(S(=O)(=O)NCC(CC)CCCC)CCC63)C3CC(S(=O)(=O)NCC(CC)CCCC)CCC53)C3CC(S(=O)(=O)NCC(CC)CCCC)CCC43)C2C1. The predicted octanol–water partition coefficient (Wildman–Crippen LogP) is 7.06. The summed E-state index contributed by atoms with van der Waals surface area (Å²) in [6.45, 7) is 19.1. The van der Waals surface area contributed by atoms with Gasteiger partial charge >= 0.3 is 0 Å². The predicted molar refractivity (Wildman–Crippen MR) is 355 cm³/mol. The number of hydrogen-bond donors (Lipinski definition) is 12. The normalized spacial score (nSPS) is 38.4. The van der Waals surface area contributed by atoms with Crippen LogP contribution in [0.15, 0.2) is 0 Å². The van der Waals surface area contributed by atoms with E-state index < -0.39 is 61.1 Å². The lowest BCUT2D eigenvalue weighted by molar-refractivity contribution is 0.168. The number of sulfonamides is 4. The summed E-state index contributed by atoms with van der Waals surface area (Å²) in [7, 11) is -14.6. The first-order valence-electron chi connectivity index (χ1n) is 36.2. The van der Waals surface area contributed by atoms with E-state index in [1.54, 1.807) is 0 Å². The molecular weight excluding hydrogens is 1190 g/mol. The molecule has 0 spiro atoms. The van der Waals surface area contributed by atoms with Crippen LogP contribution in [-0.2, 0) is 40.1 Å². The minimum absolute atomic E-state index is 0.0596.